The molecule has 0 heterocycles. The van der Waals surface area contributed by atoms with Gasteiger partial charge in [0.1, 0.15) is 5.82 Å². The number of hydrogen-bond donors (Lipinski definition) is 2. The smallest absolute Gasteiger partial charge is 0.123 e. The second-order valence-corrected chi connectivity index (χ2v) is 4.85. The maximum Gasteiger partial charge on any atom is 0.123 e. The highest BCUT2D eigenvalue weighted by molar-refractivity contribution is 5.28. The van der Waals surface area contributed by atoms with E-state index in [1.165, 1.54) is 19.2 Å². The Kier molecular flexibility index (Phi) is 6.37. The topological polar surface area (TPSA) is 52.9 Å². The summed E-state index contributed by atoms with van der Waals surface area (Å²) in [7, 11) is 3.33. The van der Waals surface area contributed by atoms with E-state index in [4.69, 9.17) is 4.74 Å². The number of halogens is 1. The Bertz CT molecular complexity index is 400. The van der Waals surface area contributed by atoms with Crippen molar-refractivity contribution in [3.8, 4) is 0 Å². The number of aliphatic hydroxyl groups is 2. The highest BCUT2D eigenvalue weighted by Crippen LogP contribution is 2.19. The van der Waals surface area contributed by atoms with Crippen LogP contribution in [0.2, 0.25) is 0 Å². The first-order valence-electron chi connectivity index (χ1n) is 6.23. The number of rotatable bonds is 7. The summed E-state index contributed by atoms with van der Waals surface area (Å²) in [6, 6.07) is 4.33. The van der Waals surface area contributed by atoms with E-state index in [9.17, 15) is 14.6 Å². The second-order valence-electron chi connectivity index (χ2n) is 4.85. The minimum Gasteiger partial charge on any atom is -0.389 e. The van der Waals surface area contributed by atoms with Gasteiger partial charge in [-0.05, 0) is 37.2 Å². The van der Waals surface area contributed by atoms with E-state index in [2.05, 4.69) is 0 Å². The van der Waals surface area contributed by atoms with Crippen LogP contribution in [-0.2, 0) is 4.74 Å². The minimum absolute atomic E-state index is 0.260. The summed E-state index contributed by atoms with van der Waals surface area (Å²) in [6.07, 6.45) is -1.29. The third-order valence-electron chi connectivity index (χ3n) is 2.96. The lowest BCUT2D eigenvalue weighted by atomic mass is 10.0. The molecule has 1 aromatic carbocycles. The zero-order chi connectivity index (χ0) is 14.4. The number of benzene rings is 1. The molecule has 19 heavy (non-hydrogen) atoms. The summed E-state index contributed by atoms with van der Waals surface area (Å²) in [6.45, 7) is 2.80. The second kappa shape index (κ2) is 7.55. The molecular weight excluding hydrogens is 249 g/mol. The molecule has 4 nitrogen and oxygen atoms in total. The maximum absolute atomic E-state index is 13.0. The van der Waals surface area contributed by atoms with Crippen LogP contribution in [-0.4, -0.2) is 55.1 Å². The van der Waals surface area contributed by atoms with Gasteiger partial charge in [-0.3, -0.25) is 0 Å². The average molecular weight is 271 g/mol. The number of ether oxygens (including phenoxy) is 1. The van der Waals surface area contributed by atoms with E-state index in [1.807, 2.05) is 4.90 Å². The lowest BCUT2D eigenvalue weighted by Gasteiger charge is -2.23. The van der Waals surface area contributed by atoms with Crippen LogP contribution in [0.1, 0.15) is 17.2 Å². The quantitative estimate of drug-likeness (QED) is 0.780. The Labute approximate surface area is 113 Å². The average Bonchev–Trinajstić information content (AvgIpc) is 2.28. The number of likely N-dealkylation sites (N-methyl/N-ethyl adjacent to an activating group) is 1. The van der Waals surface area contributed by atoms with Crippen LogP contribution < -0.4 is 0 Å². The van der Waals surface area contributed by atoms with Gasteiger partial charge in [0.25, 0.3) is 0 Å². The predicted octanol–water partition coefficient (Wildman–Crippen LogP) is 1.11. The van der Waals surface area contributed by atoms with Crippen molar-refractivity contribution >= 4 is 0 Å². The fourth-order valence-electron chi connectivity index (χ4n) is 2.09. The molecule has 2 N–H and O–H groups in total. The SMILES string of the molecule is COCC(O)CN(C)CC(O)c1ccc(F)cc1C. The van der Waals surface area contributed by atoms with E-state index in [0.29, 0.717) is 18.7 Å². The minimum atomic E-state index is -0.708. The molecule has 1 rings (SSSR count). The normalized spacial score (nSPS) is 14.7. The summed E-state index contributed by atoms with van der Waals surface area (Å²) in [5.41, 5.74) is 1.42. The van der Waals surface area contributed by atoms with E-state index in [1.54, 1.807) is 20.0 Å². The fraction of sp³-hybridized carbons (Fsp3) is 0.571. The Morgan fingerprint density at radius 3 is 2.58 bits per heavy atom. The van der Waals surface area contributed by atoms with Crippen molar-refractivity contribution < 1.29 is 19.3 Å². The van der Waals surface area contributed by atoms with Crippen LogP contribution in [0, 0.1) is 12.7 Å². The third kappa shape index (κ3) is 5.24. The molecule has 0 fully saturated rings. The van der Waals surface area contributed by atoms with Gasteiger partial charge in [-0.2, -0.15) is 0 Å². The van der Waals surface area contributed by atoms with Crippen molar-refractivity contribution in [1.82, 2.24) is 4.90 Å². The molecule has 0 spiro atoms. The molecule has 2 atom stereocenters. The molecule has 0 saturated carbocycles. The van der Waals surface area contributed by atoms with Gasteiger partial charge < -0.3 is 19.8 Å². The zero-order valence-electron chi connectivity index (χ0n) is 11.6. The lowest BCUT2D eigenvalue weighted by Crippen LogP contribution is -2.34. The number of aryl methyl sites for hydroxylation is 1. The molecule has 0 radical (unpaired) electrons. The monoisotopic (exact) mass is 271 g/mol. The molecule has 0 saturated heterocycles. The summed E-state index contributed by atoms with van der Waals surface area (Å²) < 4.78 is 17.8. The predicted molar refractivity (Wildman–Crippen MR) is 71.5 cm³/mol. The van der Waals surface area contributed by atoms with Gasteiger partial charge in [0.15, 0.2) is 0 Å². The number of nitrogens with zero attached hydrogens (tertiary/aromatic N) is 1. The van der Waals surface area contributed by atoms with E-state index in [-0.39, 0.29) is 12.4 Å². The van der Waals surface area contributed by atoms with Gasteiger partial charge in [-0.15, -0.1) is 0 Å². The molecule has 0 aliphatic heterocycles. The van der Waals surface area contributed by atoms with Gasteiger partial charge >= 0.3 is 0 Å². The van der Waals surface area contributed by atoms with Crippen LogP contribution in [0.25, 0.3) is 0 Å². The van der Waals surface area contributed by atoms with Crippen LogP contribution in [0.15, 0.2) is 18.2 Å². The van der Waals surface area contributed by atoms with Crippen molar-refractivity contribution in [2.45, 2.75) is 19.1 Å². The fourth-order valence-corrected chi connectivity index (χ4v) is 2.09. The van der Waals surface area contributed by atoms with Gasteiger partial charge in [0.2, 0.25) is 0 Å². The maximum atomic E-state index is 13.0. The van der Waals surface area contributed by atoms with Crippen molar-refractivity contribution in [2.75, 3.05) is 33.9 Å². The molecule has 0 aliphatic carbocycles. The van der Waals surface area contributed by atoms with E-state index >= 15 is 0 Å². The Hall–Kier alpha value is -1.01. The largest absolute Gasteiger partial charge is 0.389 e. The van der Waals surface area contributed by atoms with Gasteiger partial charge in [-0.25, -0.2) is 4.39 Å². The first-order chi connectivity index (χ1) is 8.93. The summed E-state index contributed by atoms with van der Waals surface area (Å²) >= 11 is 0. The van der Waals surface area contributed by atoms with Gasteiger partial charge in [-0.1, -0.05) is 6.07 Å². The molecule has 0 amide bonds. The number of hydrogen-bond acceptors (Lipinski definition) is 4. The Morgan fingerprint density at radius 2 is 2.00 bits per heavy atom. The molecule has 0 aromatic heterocycles. The van der Waals surface area contributed by atoms with Gasteiger partial charge in [0, 0.05) is 20.2 Å². The highest BCUT2D eigenvalue weighted by Gasteiger charge is 2.15. The lowest BCUT2D eigenvalue weighted by molar-refractivity contribution is 0.0317. The summed E-state index contributed by atoms with van der Waals surface area (Å²) in [5, 5.41) is 19.7. The molecule has 108 valence electrons. The molecule has 0 bridgehead atoms. The van der Waals surface area contributed by atoms with Crippen molar-refractivity contribution in [2.24, 2.45) is 0 Å². The molecule has 2 unspecified atom stereocenters. The first-order valence-corrected chi connectivity index (χ1v) is 6.23. The molecule has 1 aromatic rings. The van der Waals surface area contributed by atoms with E-state index in [0.717, 1.165) is 5.56 Å². The highest BCUT2D eigenvalue weighted by atomic mass is 19.1. The van der Waals surface area contributed by atoms with Crippen LogP contribution in [0.4, 0.5) is 4.39 Å². The zero-order valence-corrected chi connectivity index (χ0v) is 11.6. The van der Waals surface area contributed by atoms with Crippen molar-refractivity contribution in [3.05, 3.63) is 35.1 Å². The summed E-state index contributed by atoms with van der Waals surface area (Å²) in [5.74, 6) is -0.308. The standard InChI is InChI=1S/C14H22FNO3/c1-10-6-11(15)4-5-13(10)14(18)8-16(2)7-12(17)9-19-3/h4-6,12,14,17-18H,7-9H2,1-3H3. The van der Waals surface area contributed by atoms with Crippen molar-refractivity contribution in [1.29, 1.82) is 0 Å². The van der Waals surface area contributed by atoms with Crippen LogP contribution >= 0.6 is 0 Å². The molecular formula is C14H22FNO3. The number of aliphatic hydroxyl groups excluding tert-OH is 2. The molecule has 0 aliphatic rings. The van der Waals surface area contributed by atoms with Crippen molar-refractivity contribution in [3.63, 3.8) is 0 Å². The Morgan fingerprint density at radius 1 is 1.32 bits per heavy atom. The van der Waals surface area contributed by atoms with Gasteiger partial charge in [0.05, 0.1) is 18.8 Å². The Balaban J connectivity index is 2.56. The number of methoxy groups -OCH3 is 1. The first kappa shape index (κ1) is 16.0. The van der Waals surface area contributed by atoms with Crippen LogP contribution in [0.5, 0.6) is 0 Å². The third-order valence-corrected chi connectivity index (χ3v) is 2.96. The van der Waals surface area contributed by atoms with E-state index < -0.39 is 12.2 Å². The van der Waals surface area contributed by atoms with Crippen LogP contribution in [0.3, 0.4) is 0 Å². The summed E-state index contributed by atoms with van der Waals surface area (Å²) in [4.78, 5) is 1.82. The molecule has 5 heteroatoms.